The number of rotatable bonds is 2. The molecule has 0 spiro atoms. The Bertz CT molecular complexity index is 495. The van der Waals surface area contributed by atoms with Crippen molar-refractivity contribution < 1.29 is 0 Å². The summed E-state index contributed by atoms with van der Waals surface area (Å²) < 4.78 is 0. The van der Waals surface area contributed by atoms with Crippen LogP contribution in [0.2, 0.25) is 0 Å². The summed E-state index contributed by atoms with van der Waals surface area (Å²) >= 11 is 0. The van der Waals surface area contributed by atoms with Gasteiger partial charge < -0.3 is 0 Å². The predicted octanol–water partition coefficient (Wildman–Crippen LogP) is 3.93. The van der Waals surface area contributed by atoms with Crippen LogP contribution in [0.5, 0.6) is 0 Å². The second-order valence-corrected chi connectivity index (χ2v) is 3.83. The molecule has 1 aliphatic rings. The predicted molar refractivity (Wildman–Crippen MR) is 69.9 cm³/mol. The normalized spacial score (nSPS) is 20.2. The van der Waals surface area contributed by atoms with Gasteiger partial charge in [-0.3, -0.25) is 0 Å². The van der Waals surface area contributed by atoms with Gasteiger partial charge in [0.1, 0.15) is 0 Å². The van der Waals surface area contributed by atoms with Gasteiger partial charge in [-0.25, -0.2) is 0 Å². The van der Waals surface area contributed by atoms with Gasteiger partial charge in [-0.15, -0.1) is 12.3 Å². The molecule has 1 unspecified atom stereocenters. The standard InChI is InChI=1S/C16H14/c1-3-7-13-11-12-14-9-5-6-10-16(14)15(13)8-4-2/h2-3,5-7,9-12,15H,1,8H2/b13-7+. The number of allylic oxidation sites excluding steroid dienone is 4. The van der Waals surface area contributed by atoms with Crippen molar-refractivity contribution >= 4 is 6.08 Å². The molecule has 0 heterocycles. The lowest BCUT2D eigenvalue weighted by molar-refractivity contribution is 0.837. The molecular formula is C16H14. The van der Waals surface area contributed by atoms with Crippen LogP contribution in [0.15, 0.2) is 54.6 Å². The van der Waals surface area contributed by atoms with Crippen LogP contribution < -0.4 is 0 Å². The van der Waals surface area contributed by atoms with Gasteiger partial charge in [-0.05, 0) is 16.7 Å². The Morgan fingerprint density at radius 3 is 2.88 bits per heavy atom. The van der Waals surface area contributed by atoms with E-state index in [1.165, 1.54) is 16.7 Å². The minimum atomic E-state index is 0.309. The van der Waals surface area contributed by atoms with Crippen molar-refractivity contribution in [2.45, 2.75) is 12.3 Å². The van der Waals surface area contributed by atoms with Crippen LogP contribution in [0, 0.1) is 12.3 Å². The summed E-state index contributed by atoms with van der Waals surface area (Å²) in [6.07, 6.45) is 14.3. The molecule has 1 aromatic carbocycles. The van der Waals surface area contributed by atoms with Crippen molar-refractivity contribution in [3.05, 3.63) is 65.8 Å². The van der Waals surface area contributed by atoms with Gasteiger partial charge in [0.15, 0.2) is 0 Å². The van der Waals surface area contributed by atoms with Crippen molar-refractivity contribution in [1.29, 1.82) is 0 Å². The number of fused-ring (bicyclic) bond motifs is 1. The van der Waals surface area contributed by atoms with E-state index in [1.807, 2.05) is 12.2 Å². The molecule has 0 fully saturated rings. The van der Waals surface area contributed by atoms with Gasteiger partial charge >= 0.3 is 0 Å². The average Bonchev–Trinajstić information content (AvgIpc) is 2.32. The summed E-state index contributed by atoms with van der Waals surface area (Å²) in [7, 11) is 0. The Hall–Kier alpha value is -2.00. The Morgan fingerprint density at radius 2 is 2.12 bits per heavy atom. The van der Waals surface area contributed by atoms with E-state index in [0.717, 1.165) is 6.42 Å². The molecule has 0 aliphatic heterocycles. The highest BCUT2D eigenvalue weighted by molar-refractivity contribution is 5.64. The SMILES string of the molecule is C#CCC1/C(=C/C=C)C=Cc2ccccc21. The van der Waals surface area contributed by atoms with E-state index in [1.54, 1.807) is 0 Å². The molecule has 1 aliphatic carbocycles. The smallest absolute Gasteiger partial charge is 0.0205 e. The molecule has 0 aromatic heterocycles. The Morgan fingerprint density at radius 1 is 1.31 bits per heavy atom. The number of hydrogen-bond acceptors (Lipinski definition) is 0. The summed E-state index contributed by atoms with van der Waals surface area (Å²) in [5.74, 6) is 3.07. The van der Waals surface area contributed by atoms with Crippen LogP contribution in [0.3, 0.4) is 0 Å². The topological polar surface area (TPSA) is 0 Å². The van der Waals surface area contributed by atoms with Crippen molar-refractivity contribution in [2.75, 3.05) is 0 Å². The van der Waals surface area contributed by atoms with Crippen LogP contribution in [-0.4, -0.2) is 0 Å². The van der Waals surface area contributed by atoms with Crippen molar-refractivity contribution in [3.63, 3.8) is 0 Å². The first-order valence-electron chi connectivity index (χ1n) is 5.40. The van der Waals surface area contributed by atoms with E-state index in [-0.39, 0.29) is 0 Å². The highest BCUT2D eigenvalue weighted by atomic mass is 14.2. The van der Waals surface area contributed by atoms with Gasteiger partial charge in [0, 0.05) is 12.3 Å². The Balaban J connectivity index is 2.50. The lowest BCUT2D eigenvalue weighted by Gasteiger charge is -2.22. The maximum atomic E-state index is 5.45. The first kappa shape index (κ1) is 10.5. The fraction of sp³-hybridized carbons (Fsp3) is 0.125. The van der Waals surface area contributed by atoms with E-state index in [4.69, 9.17) is 6.42 Å². The van der Waals surface area contributed by atoms with Gasteiger partial charge in [-0.1, -0.05) is 55.1 Å². The molecule has 78 valence electrons. The number of terminal acetylenes is 1. The van der Waals surface area contributed by atoms with Crippen LogP contribution in [0.1, 0.15) is 23.5 Å². The molecule has 16 heavy (non-hydrogen) atoms. The van der Waals surface area contributed by atoms with Gasteiger partial charge in [-0.2, -0.15) is 0 Å². The minimum Gasteiger partial charge on any atom is -0.120 e. The zero-order valence-electron chi connectivity index (χ0n) is 9.19. The molecule has 0 heteroatoms. The third-order valence-corrected chi connectivity index (χ3v) is 2.86. The molecule has 0 bridgehead atoms. The second kappa shape index (κ2) is 4.68. The van der Waals surface area contributed by atoms with Gasteiger partial charge in [0.05, 0.1) is 0 Å². The van der Waals surface area contributed by atoms with Crippen molar-refractivity contribution in [3.8, 4) is 12.3 Å². The van der Waals surface area contributed by atoms with E-state index < -0.39 is 0 Å². The highest BCUT2D eigenvalue weighted by Crippen LogP contribution is 2.35. The van der Waals surface area contributed by atoms with Crippen LogP contribution in [-0.2, 0) is 0 Å². The summed E-state index contributed by atoms with van der Waals surface area (Å²) in [5.41, 5.74) is 3.83. The quantitative estimate of drug-likeness (QED) is 0.643. The molecular weight excluding hydrogens is 192 g/mol. The maximum Gasteiger partial charge on any atom is 0.0205 e. The highest BCUT2D eigenvalue weighted by Gasteiger charge is 2.19. The fourth-order valence-corrected chi connectivity index (χ4v) is 2.12. The molecule has 2 rings (SSSR count). The molecule has 0 saturated carbocycles. The molecule has 0 amide bonds. The maximum absolute atomic E-state index is 5.45. The monoisotopic (exact) mass is 206 g/mol. The second-order valence-electron chi connectivity index (χ2n) is 3.83. The first-order valence-corrected chi connectivity index (χ1v) is 5.40. The molecule has 0 nitrogen and oxygen atoms in total. The third kappa shape index (κ3) is 1.85. The van der Waals surface area contributed by atoms with Gasteiger partial charge in [0.2, 0.25) is 0 Å². The molecule has 0 N–H and O–H groups in total. The molecule has 0 saturated heterocycles. The Kier molecular flexibility index (Phi) is 3.08. The number of hydrogen-bond donors (Lipinski definition) is 0. The van der Waals surface area contributed by atoms with Crippen molar-refractivity contribution in [1.82, 2.24) is 0 Å². The lowest BCUT2D eigenvalue weighted by Crippen LogP contribution is -2.06. The molecule has 1 aromatic rings. The van der Waals surface area contributed by atoms with Crippen LogP contribution >= 0.6 is 0 Å². The zero-order chi connectivity index (χ0) is 11.4. The van der Waals surface area contributed by atoms with E-state index in [2.05, 4.69) is 48.9 Å². The van der Waals surface area contributed by atoms with Crippen LogP contribution in [0.4, 0.5) is 0 Å². The Labute approximate surface area is 97.0 Å². The van der Waals surface area contributed by atoms with Crippen molar-refractivity contribution in [2.24, 2.45) is 0 Å². The first-order chi connectivity index (χ1) is 7.86. The van der Waals surface area contributed by atoms with E-state index >= 15 is 0 Å². The van der Waals surface area contributed by atoms with E-state index in [9.17, 15) is 0 Å². The molecule has 0 radical (unpaired) electrons. The average molecular weight is 206 g/mol. The lowest BCUT2D eigenvalue weighted by atomic mass is 9.81. The molecule has 1 atom stereocenters. The van der Waals surface area contributed by atoms with Gasteiger partial charge in [0.25, 0.3) is 0 Å². The fourth-order valence-electron chi connectivity index (χ4n) is 2.12. The summed E-state index contributed by atoms with van der Waals surface area (Å²) in [4.78, 5) is 0. The summed E-state index contributed by atoms with van der Waals surface area (Å²) in [5, 5.41) is 0. The summed E-state index contributed by atoms with van der Waals surface area (Å²) in [6, 6.07) is 8.39. The minimum absolute atomic E-state index is 0.309. The zero-order valence-corrected chi connectivity index (χ0v) is 9.19. The number of benzene rings is 1. The van der Waals surface area contributed by atoms with E-state index in [0.29, 0.717) is 5.92 Å². The van der Waals surface area contributed by atoms with Crippen LogP contribution in [0.25, 0.3) is 6.08 Å². The summed E-state index contributed by atoms with van der Waals surface area (Å²) in [6.45, 7) is 3.74. The third-order valence-electron chi connectivity index (χ3n) is 2.86. The largest absolute Gasteiger partial charge is 0.120 e.